The molecule has 1 atom stereocenters. The van der Waals surface area contributed by atoms with Crippen molar-refractivity contribution in [2.75, 3.05) is 31.1 Å². The fourth-order valence-electron chi connectivity index (χ4n) is 4.38. The predicted molar refractivity (Wildman–Crippen MR) is 111 cm³/mol. The van der Waals surface area contributed by atoms with E-state index in [9.17, 15) is 14.4 Å². The average molecular weight is 402 g/mol. The first-order chi connectivity index (χ1) is 13.8. The van der Waals surface area contributed by atoms with E-state index in [2.05, 4.69) is 42.3 Å². The number of piperazine rings is 1. The second-order valence-electron chi connectivity index (χ2n) is 8.38. The molecule has 3 rings (SSSR count). The van der Waals surface area contributed by atoms with Gasteiger partial charge in [0.05, 0.1) is 0 Å². The van der Waals surface area contributed by atoms with Gasteiger partial charge in [-0.1, -0.05) is 12.1 Å². The third kappa shape index (κ3) is 5.28. The normalized spacial score (nSPS) is 21.9. The molecule has 29 heavy (non-hydrogen) atoms. The lowest BCUT2D eigenvalue weighted by molar-refractivity contribution is -0.137. The maximum Gasteiger partial charge on any atom is 0.303 e. The second-order valence-corrected chi connectivity index (χ2v) is 8.38. The molecule has 2 N–H and O–H groups in total. The van der Waals surface area contributed by atoms with Crippen LogP contribution in [-0.2, 0) is 14.4 Å². The summed E-state index contributed by atoms with van der Waals surface area (Å²) >= 11 is 0. The van der Waals surface area contributed by atoms with Crippen LogP contribution in [0.5, 0.6) is 0 Å². The summed E-state index contributed by atoms with van der Waals surface area (Å²) in [4.78, 5) is 39.7. The number of anilines is 1. The number of aryl methyl sites for hydroxylation is 2. The Labute approximate surface area is 172 Å². The molecule has 7 nitrogen and oxygen atoms in total. The maximum atomic E-state index is 12.8. The second kappa shape index (κ2) is 8.84. The van der Waals surface area contributed by atoms with Crippen molar-refractivity contribution in [1.82, 2.24) is 10.2 Å². The number of benzene rings is 1. The minimum absolute atomic E-state index is 0.00296. The number of carboxylic acids is 1. The topological polar surface area (TPSA) is 90.0 Å². The molecule has 1 aromatic rings. The summed E-state index contributed by atoms with van der Waals surface area (Å²) in [7, 11) is 0. The molecule has 0 bridgehead atoms. The fourth-order valence-corrected chi connectivity index (χ4v) is 4.38. The molecule has 7 heteroatoms. The summed E-state index contributed by atoms with van der Waals surface area (Å²) in [5.41, 5.74) is 3.16. The van der Waals surface area contributed by atoms with Crippen molar-refractivity contribution in [3.05, 3.63) is 29.3 Å². The molecule has 2 heterocycles. The van der Waals surface area contributed by atoms with Gasteiger partial charge in [0, 0.05) is 56.7 Å². The van der Waals surface area contributed by atoms with E-state index in [1.807, 2.05) is 4.90 Å². The molecule has 0 radical (unpaired) electrons. The lowest BCUT2D eigenvalue weighted by Gasteiger charge is -2.37. The Bertz CT molecular complexity index is 786. The van der Waals surface area contributed by atoms with Gasteiger partial charge in [-0.15, -0.1) is 0 Å². The monoisotopic (exact) mass is 401 g/mol. The summed E-state index contributed by atoms with van der Waals surface area (Å²) < 4.78 is 0. The van der Waals surface area contributed by atoms with Crippen LogP contribution in [0, 0.1) is 13.8 Å². The third-order valence-electron chi connectivity index (χ3n) is 6.21. The van der Waals surface area contributed by atoms with Crippen LogP contribution in [0.15, 0.2) is 18.2 Å². The number of rotatable bonds is 7. The molecule has 0 saturated carbocycles. The molecule has 2 aliphatic rings. The van der Waals surface area contributed by atoms with Gasteiger partial charge in [0.15, 0.2) is 0 Å². The third-order valence-corrected chi connectivity index (χ3v) is 6.21. The number of hydrogen-bond donors (Lipinski definition) is 2. The predicted octanol–water partition coefficient (Wildman–Crippen LogP) is 2.25. The Balaban J connectivity index is 1.53. The molecular weight excluding hydrogens is 370 g/mol. The van der Waals surface area contributed by atoms with Crippen molar-refractivity contribution in [3.8, 4) is 0 Å². The van der Waals surface area contributed by atoms with Crippen molar-refractivity contribution >= 4 is 23.5 Å². The van der Waals surface area contributed by atoms with E-state index in [-0.39, 0.29) is 18.2 Å². The van der Waals surface area contributed by atoms with Crippen molar-refractivity contribution < 1.29 is 19.5 Å². The van der Waals surface area contributed by atoms with E-state index in [0.717, 1.165) is 13.1 Å². The Hall–Kier alpha value is -2.57. The Morgan fingerprint density at radius 3 is 2.41 bits per heavy atom. The number of amides is 2. The molecule has 1 aromatic carbocycles. The number of carbonyl (C=O) groups is 3. The molecule has 2 fully saturated rings. The van der Waals surface area contributed by atoms with Gasteiger partial charge in [0.25, 0.3) is 0 Å². The minimum atomic E-state index is -0.876. The molecule has 2 saturated heterocycles. The van der Waals surface area contributed by atoms with Crippen LogP contribution in [0.4, 0.5) is 5.69 Å². The molecule has 0 unspecified atom stereocenters. The van der Waals surface area contributed by atoms with E-state index >= 15 is 0 Å². The van der Waals surface area contributed by atoms with Crippen molar-refractivity contribution in [2.45, 2.75) is 57.9 Å². The summed E-state index contributed by atoms with van der Waals surface area (Å²) in [6, 6.07) is 6.44. The van der Waals surface area contributed by atoms with Gasteiger partial charge in [-0.25, -0.2) is 0 Å². The zero-order valence-corrected chi connectivity index (χ0v) is 17.4. The number of nitrogens with zero attached hydrogens (tertiary/aromatic N) is 2. The van der Waals surface area contributed by atoms with E-state index in [0.29, 0.717) is 45.2 Å². The Kier molecular flexibility index (Phi) is 6.45. The van der Waals surface area contributed by atoms with Gasteiger partial charge in [-0.05, 0) is 50.3 Å². The van der Waals surface area contributed by atoms with Crippen LogP contribution >= 0.6 is 0 Å². The summed E-state index contributed by atoms with van der Waals surface area (Å²) in [5, 5.41) is 11.9. The lowest BCUT2D eigenvalue weighted by Crippen LogP contribution is -2.50. The number of aliphatic carboxylic acids is 1. The Morgan fingerprint density at radius 2 is 1.79 bits per heavy atom. The SMILES string of the molecule is Cc1ccc(C)c(N2CCN(C(=O)CC[C@@]3(CCC(=O)O)CCC(=O)N3)CC2)c1. The first kappa shape index (κ1) is 21.1. The molecule has 0 aliphatic carbocycles. The molecule has 2 amide bonds. The highest BCUT2D eigenvalue weighted by Gasteiger charge is 2.38. The van der Waals surface area contributed by atoms with Gasteiger partial charge in [0.1, 0.15) is 0 Å². The fraction of sp³-hybridized carbons (Fsp3) is 0.591. The quantitative estimate of drug-likeness (QED) is 0.731. The van der Waals surface area contributed by atoms with Crippen molar-refractivity contribution in [3.63, 3.8) is 0 Å². The number of hydrogen-bond acceptors (Lipinski definition) is 4. The molecule has 0 aromatic heterocycles. The van der Waals surface area contributed by atoms with Gasteiger partial charge < -0.3 is 20.2 Å². The zero-order chi connectivity index (χ0) is 21.0. The van der Waals surface area contributed by atoms with Crippen LogP contribution in [0.1, 0.15) is 49.7 Å². The minimum Gasteiger partial charge on any atom is -0.481 e. The van der Waals surface area contributed by atoms with Gasteiger partial charge in [-0.3, -0.25) is 14.4 Å². The van der Waals surface area contributed by atoms with Gasteiger partial charge in [0.2, 0.25) is 11.8 Å². The lowest BCUT2D eigenvalue weighted by atomic mass is 9.86. The highest BCUT2D eigenvalue weighted by atomic mass is 16.4. The summed E-state index contributed by atoms with van der Waals surface area (Å²) in [6.07, 6.45) is 2.23. The van der Waals surface area contributed by atoms with Crippen LogP contribution in [0.25, 0.3) is 0 Å². The maximum absolute atomic E-state index is 12.8. The number of nitrogens with one attached hydrogen (secondary N) is 1. The molecular formula is C22H31N3O4. The first-order valence-electron chi connectivity index (χ1n) is 10.4. The van der Waals surface area contributed by atoms with Crippen molar-refractivity contribution in [1.29, 1.82) is 0 Å². The average Bonchev–Trinajstić information content (AvgIpc) is 3.08. The summed E-state index contributed by atoms with van der Waals surface area (Å²) in [6.45, 7) is 7.17. The van der Waals surface area contributed by atoms with Crippen LogP contribution in [0.3, 0.4) is 0 Å². The van der Waals surface area contributed by atoms with E-state index in [1.165, 1.54) is 16.8 Å². The van der Waals surface area contributed by atoms with E-state index in [4.69, 9.17) is 5.11 Å². The molecule has 2 aliphatic heterocycles. The van der Waals surface area contributed by atoms with Crippen molar-refractivity contribution in [2.24, 2.45) is 0 Å². The van der Waals surface area contributed by atoms with Crippen LogP contribution in [0.2, 0.25) is 0 Å². The number of carboxylic acid groups (broad SMARTS) is 1. The van der Waals surface area contributed by atoms with E-state index in [1.54, 1.807) is 0 Å². The standard InChI is InChI=1S/C22H31N3O4/c1-16-3-4-17(2)18(15-16)24-11-13-25(14-12-24)20(27)6-9-22(10-7-21(28)29)8-5-19(26)23-22/h3-4,15H,5-14H2,1-2H3,(H,23,26)(H,28,29)/t22-/m1/s1. The van der Waals surface area contributed by atoms with Gasteiger partial charge >= 0.3 is 5.97 Å². The zero-order valence-electron chi connectivity index (χ0n) is 17.4. The van der Waals surface area contributed by atoms with E-state index < -0.39 is 11.5 Å². The van der Waals surface area contributed by atoms with Gasteiger partial charge in [-0.2, -0.15) is 0 Å². The smallest absolute Gasteiger partial charge is 0.303 e. The molecule has 0 spiro atoms. The summed E-state index contributed by atoms with van der Waals surface area (Å²) in [5.74, 6) is -0.842. The first-order valence-corrected chi connectivity index (χ1v) is 10.4. The van der Waals surface area contributed by atoms with Crippen LogP contribution in [-0.4, -0.2) is 59.5 Å². The highest BCUT2D eigenvalue weighted by molar-refractivity contribution is 5.80. The Morgan fingerprint density at radius 1 is 1.10 bits per heavy atom. The largest absolute Gasteiger partial charge is 0.481 e. The van der Waals surface area contributed by atoms with Crippen LogP contribution < -0.4 is 10.2 Å². The molecule has 158 valence electrons. The number of carbonyl (C=O) groups excluding carboxylic acids is 2. The highest BCUT2D eigenvalue weighted by Crippen LogP contribution is 2.31.